The molecule has 0 saturated heterocycles. The summed E-state index contributed by atoms with van der Waals surface area (Å²) in [5, 5.41) is 12.8. The van der Waals surface area contributed by atoms with Crippen LogP contribution in [-0.2, 0) is 24.2 Å². The van der Waals surface area contributed by atoms with Crippen molar-refractivity contribution in [1.29, 1.82) is 0 Å². The molecule has 5 rings (SSSR count). The van der Waals surface area contributed by atoms with E-state index >= 15 is 0 Å². The molecule has 0 spiro atoms. The minimum Gasteiger partial charge on any atom is -0.481 e. The fourth-order valence-corrected chi connectivity index (χ4v) is 4.27. The molecule has 4 heterocycles. The number of fused-ring (bicyclic) bond motifs is 2. The number of rotatable bonds is 8. The molecule has 0 aliphatic carbocycles. The van der Waals surface area contributed by atoms with Crippen LogP contribution in [0.5, 0.6) is 11.5 Å². The summed E-state index contributed by atoms with van der Waals surface area (Å²) >= 11 is 0. The molecule has 0 amide bonds. The van der Waals surface area contributed by atoms with Gasteiger partial charge in [0.05, 0.1) is 18.4 Å². The van der Waals surface area contributed by atoms with Crippen molar-refractivity contribution in [3.63, 3.8) is 0 Å². The minimum absolute atomic E-state index is 0.0149. The molecule has 8 heteroatoms. The van der Waals surface area contributed by atoms with Gasteiger partial charge in [-0.2, -0.15) is 0 Å². The van der Waals surface area contributed by atoms with E-state index in [1.165, 1.54) is 5.56 Å². The Hall–Kier alpha value is -3.81. The smallest absolute Gasteiger partial charge is 0.304 e. The Labute approximate surface area is 191 Å². The van der Waals surface area contributed by atoms with Gasteiger partial charge in [-0.3, -0.25) is 4.79 Å². The average molecular weight is 447 g/mol. The Morgan fingerprint density at radius 3 is 3.06 bits per heavy atom. The molecular formula is C25H26N4O4. The summed E-state index contributed by atoms with van der Waals surface area (Å²) in [4.78, 5) is 20.6. The Morgan fingerprint density at radius 1 is 1.24 bits per heavy atom. The monoisotopic (exact) mass is 446 g/mol. The van der Waals surface area contributed by atoms with Crippen LogP contribution in [-0.4, -0.2) is 38.9 Å². The summed E-state index contributed by atoms with van der Waals surface area (Å²) in [7, 11) is 0. The highest BCUT2D eigenvalue weighted by Gasteiger charge is 2.21. The normalized spacial score (nSPS) is 15.3. The van der Waals surface area contributed by atoms with Crippen LogP contribution in [0.2, 0.25) is 0 Å². The molecule has 2 aliphatic heterocycles. The van der Waals surface area contributed by atoms with Gasteiger partial charge in [-0.15, -0.1) is 0 Å². The first-order valence-electron chi connectivity index (χ1n) is 11.2. The number of hydrogen-bond acceptors (Lipinski definition) is 6. The van der Waals surface area contributed by atoms with Gasteiger partial charge in [0.1, 0.15) is 5.82 Å². The molecule has 1 aromatic carbocycles. The lowest BCUT2D eigenvalue weighted by Gasteiger charge is -2.17. The predicted molar refractivity (Wildman–Crippen MR) is 124 cm³/mol. The van der Waals surface area contributed by atoms with E-state index in [-0.39, 0.29) is 19.1 Å². The first-order chi connectivity index (χ1) is 16.1. The highest BCUT2D eigenvalue weighted by atomic mass is 16.7. The van der Waals surface area contributed by atoms with Gasteiger partial charge in [-0.05, 0) is 48.2 Å². The number of nitrogens with zero attached hydrogens (tertiary/aromatic N) is 3. The molecule has 0 saturated carbocycles. The van der Waals surface area contributed by atoms with Gasteiger partial charge in [0.2, 0.25) is 6.79 Å². The van der Waals surface area contributed by atoms with E-state index in [0.717, 1.165) is 48.6 Å². The zero-order valence-electron chi connectivity index (χ0n) is 18.2. The molecule has 2 N–H and O–H groups in total. The maximum Gasteiger partial charge on any atom is 0.304 e. The van der Waals surface area contributed by atoms with Gasteiger partial charge in [0.25, 0.3) is 0 Å². The topological polar surface area (TPSA) is 98.5 Å². The number of hydrogen-bond donors (Lipinski definition) is 2. The molecule has 0 radical (unpaired) electrons. The molecule has 0 fully saturated rings. The number of anilines is 1. The van der Waals surface area contributed by atoms with E-state index in [2.05, 4.69) is 28.5 Å². The highest BCUT2D eigenvalue weighted by Crippen LogP contribution is 2.36. The number of nitrogens with one attached hydrogen (secondary N) is 1. The fraction of sp³-hybridized carbons (Fsp3) is 0.320. The third-order valence-electron chi connectivity index (χ3n) is 5.94. The zero-order chi connectivity index (χ0) is 22.6. The number of carboxylic acid groups (broad SMARTS) is 1. The lowest BCUT2D eigenvalue weighted by Crippen LogP contribution is -2.13. The second-order valence-electron chi connectivity index (χ2n) is 8.35. The van der Waals surface area contributed by atoms with E-state index in [9.17, 15) is 9.90 Å². The Bertz CT molecular complexity index is 1190. The molecule has 33 heavy (non-hydrogen) atoms. The first-order valence-corrected chi connectivity index (χ1v) is 11.2. The van der Waals surface area contributed by atoms with E-state index < -0.39 is 5.97 Å². The summed E-state index contributed by atoms with van der Waals surface area (Å²) in [5.74, 6) is 1.29. The number of benzene rings is 1. The molecule has 8 nitrogen and oxygen atoms in total. The molecule has 1 atom stereocenters. The van der Waals surface area contributed by atoms with Crippen molar-refractivity contribution in [1.82, 2.24) is 14.5 Å². The van der Waals surface area contributed by atoms with Crippen molar-refractivity contribution >= 4 is 17.9 Å². The van der Waals surface area contributed by atoms with Gasteiger partial charge in [-0.25, -0.2) is 9.97 Å². The molecule has 0 bridgehead atoms. The van der Waals surface area contributed by atoms with Gasteiger partial charge >= 0.3 is 5.97 Å². The number of carboxylic acids is 1. The number of allylic oxidation sites excluding steroid dienone is 1. The largest absolute Gasteiger partial charge is 0.481 e. The summed E-state index contributed by atoms with van der Waals surface area (Å²) in [5.41, 5.74) is 4.03. The van der Waals surface area contributed by atoms with Crippen molar-refractivity contribution < 1.29 is 19.4 Å². The standard InChI is InChI=1S/C25H26N4O4/c30-24(31)12-19(18-7-9-22-23(11-18)33-16-32-22)13-29-14-21(27-15-29)5-1-4-20-8-6-17-3-2-10-26-25(17)28-20/h1,5-9,11,14-15,19H,2-4,10,12-13,16H2,(H,26,28)(H,30,31)/b5-1+. The number of aromatic nitrogens is 3. The second-order valence-corrected chi connectivity index (χ2v) is 8.35. The van der Waals surface area contributed by atoms with Gasteiger partial charge < -0.3 is 24.5 Å². The number of pyridine rings is 1. The van der Waals surface area contributed by atoms with Gasteiger partial charge in [0.15, 0.2) is 11.5 Å². The van der Waals surface area contributed by atoms with Crippen LogP contribution in [0.15, 0.2) is 48.9 Å². The fourth-order valence-electron chi connectivity index (χ4n) is 4.27. The van der Waals surface area contributed by atoms with Crippen molar-refractivity contribution in [3.05, 3.63) is 71.4 Å². The number of carbonyl (C=O) groups is 1. The summed E-state index contributed by atoms with van der Waals surface area (Å²) in [6.07, 6.45) is 10.7. The van der Waals surface area contributed by atoms with E-state index in [0.29, 0.717) is 18.0 Å². The molecular weight excluding hydrogens is 420 g/mol. The lowest BCUT2D eigenvalue weighted by molar-refractivity contribution is -0.137. The van der Waals surface area contributed by atoms with Crippen LogP contribution in [0.4, 0.5) is 5.82 Å². The Kier molecular flexibility index (Phi) is 5.97. The molecule has 3 aromatic rings. The molecule has 170 valence electrons. The summed E-state index contributed by atoms with van der Waals surface area (Å²) in [6, 6.07) is 9.84. The number of aryl methyl sites for hydroxylation is 1. The highest BCUT2D eigenvalue weighted by molar-refractivity contribution is 5.68. The van der Waals surface area contributed by atoms with E-state index in [4.69, 9.17) is 14.5 Å². The molecule has 2 aromatic heterocycles. The van der Waals surface area contributed by atoms with Gasteiger partial charge in [-0.1, -0.05) is 18.2 Å². The summed E-state index contributed by atoms with van der Waals surface area (Å²) < 4.78 is 12.7. The predicted octanol–water partition coefficient (Wildman–Crippen LogP) is 3.88. The number of aliphatic carboxylic acids is 1. The van der Waals surface area contributed by atoms with Crippen LogP contribution >= 0.6 is 0 Å². The van der Waals surface area contributed by atoms with Crippen LogP contribution in [0.1, 0.15) is 41.3 Å². The average Bonchev–Trinajstić information content (AvgIpc) is 3.47. The van der Waals surface area contributed by atoms with Gasteiger partial charge in [0, 0.05) is 37.3 Å². The molecule has 2 aliphatic rings. The third-order valence-corrected chi connectivity index (χ3v) is 5.94. The summed E-state index contributed by atoms with van der Waals surface area (Å²) in [6.45, 7) is 1.67. The van der Waals surface area contributed by atoms with Crippen molar-refractivity contribution in [2.24, 2.45) is 0 Å². The van der Waals surface area contributed by atoms with Crippen molar-refractivity contribution in [3.8, 4) is 11.5 Å². The Balaban J connectivity index is 1.24. The van der Waals surface area contributed by atoms with E-state index in [1.807, 2.05) is 35.0 Å². The SMILES string of the molecule is O=C(O)CC(Cn1cnc(/C=C/Cc2ccc3c(n2)NCCC3)c1)c1ccc2c(c1)OCO2. The van der Waals surface area contributed by atoms with Crippen molar-refractivity contribution in [2.45, 2.75) is 38.1 Å². The minimum atomic E-state index is -0.843. The zero-order valence-corrected chi connectivity index (χ0v) is 18.2. The van der Waals surface area contributed by atoms with E-state index in [1.54, 1.807) is 6.33 Å². The van der Waals surface area contributed by atoms with Crippen LogP contribution in [0.3, 0.4) is 0 Å². The van der Waals surface area contributed by atoms with Crippen LogP contribution in [0.25, 0.3) is 6.08 Å². The Morgan fingerprint density at radius 2 is 2.15 bits per heavy atom. The lowest BCUT2D eigenvalue weighted by atomic mass is 9.95. The third kappa shape index (κ3) is 5.00. The quantitative estimate of drug-likeness (QED) is 0.542. The second kappa shape index (κ2) is 9.36. The number of ether oxygens (including phenoxy) is 2. The molecule has 1 unspecified atom stereocenters. The maximum absolute atomic E-state index is 11.5. The van der Waals surface area contributed by atoms with Crippen LogP contribution in [0, 0.1) is 0 Å². The van der Waals surface area contributed by atoms with Crippen LogP contribution < -0.4 is 14.8 Å². The first kappa shape index (κ1) is 21.1. The van der Waals surface area contributed by atoms with Crippen molar-refractivity contribution in [2.75, 3.05) is 18.7 Å². The maximum atomic E-state index is 11.5. The number of imidazole rings is 1.